The fraction of sp³-hybridized carbons (Fsp3) is 0.551. The van der Waals surface area contributed by atoms with Gasteiger partial charge in [0.15, 0.2) is 78.3 Å². The number of nitrogens with zero attached hydrogens (tertiary/aromatic N) is 14. The predicted octanol–water partition coefficient (Wildman–Crippen LogP) is 7.41. The number of thioether (sulfide) groups is 2. The van der Waals surface area contributed by atoms with Gasteiger partial charge in [-0.25, -0.2) is 44.9 Å². The van der Waals surface area contributed by atoms with Gasteiger partial charge in [0.25, 0.3) is 0 Å². The normalized spacial score (nSPS) is 27.5. The Bertz CT molecular complexity index is 5590. The van der Waals surface area contributed by atoms with Crippen molar-refractivity contribution in [3.8, 4) is 0 Å². The van der Waals surface area contributed by atoms with Crippen LogP contribution in [0, 0.1) is 8.60 Å². The Morgan fingerprint density at radius 3 is 1.01 bits per heavy atom. The first-order chi connectivity index (χ1) is 57.5. The molecular weight excluding hydrogens is 1870 g/mol. The number of aromatic amines is 1. The molecule has 0 amide bonds. The molecule has 5 aliphatic rings. The summed E-state index contributed by atoms with van der Waals surface area (Å²) in [5.41, 5.74) is 37.7. The lowest BCUT2D eigenvalue weighted by Gasteiger charge is -2.19. The molecule has 5 saturated heterocycles. The van der Waals surface area contributed by atoms with Crippen molar-refractivity contribution in [1.82, 2.24) is 72.7 Å². The fourth-order valence-electron chi connectivity index (χ4n) is 14.8. The molecule has 15 rings (SSSR count). The number of aliphatic hydroxyl groups excluding tert-OH is 10. The molecule has 123 heavy (non-hydrogen) atoms. The number of imidazole rings is 5. The molecule has 0 aliphatic carbocycles. The summed E-state index contributed by atoms with van der Waals surface area (Å²) in [7, 11) is 0. The zero-order valence-electron chi connectivity index (χ0n) is 71.0. The lowest BCUT2D eigenvalue weighted by atomic mass is 10.1. The molecule has 0 spiro atoms. The van der Waals surface area contributed by atoms with E-state index in [2.05, 4.69) is 171 Å². The van der Waals surface area contributed by atoms with Gasteiger partial charge in [-0.15, -0.1) is 65.9 Å². The molecule has 45 heteroatoms. The van der Waals surface area contributed by atoms with Gasteiger partial charge in [-0.2, -0.15) is 0 Å². The molecule has 0 aromatic carbocycles. The van der Waals surface area contributed by atoms with Gasteiger partial charge in [0.2, 0.25) is 5.28 Å². The van der Waals surface area contributed by atoms with Crippen molar-refractivity contribution >= 4 is 220 Å². The number of H-pyrrole nitrogens is 1. The number of pyridine rings is 5. The van der Waals surface area contributed by atoms with E-state index in [4.69, 9.17) is 76.2 Å². The Kier molecular flexibility index (Phi) is 32.1. The number of nitrogen functional groups attached to an aromatic ring is 5. The number of rotatable bonds is 23. The van der Waals surface area contributed by atoms with E-state index in [0.29, 0.717) is 135 Å². The molecule has 5 unspecified atom stereocenters. The predicted molar refractivity (Wildman–Crippen MR) is 519 cm³/mol. The minimum atomic E-state index is -1.25. The van der Waals surface area contributed by atoms with Crippen LogP contribution < -0.4 is 28.7 Å². The van der Waals surface area contributed by atoms with Gasteiger partial charge in [0, 0.05) is 53.6 Å². The average molecular weight is 1990 g/mol. The standard InChI is InChI=1S/C17H27N4O3PS.C16H25N4O3PS.C15H22ClN4O3P.C15H22IN4O3P.C15H23N4O3PS/c1-5-26-17-20-12-10(18)6-8-19-15(12)21(17)16-14(23)13(22)11(24-16)7-9-25(2,3)4;1-24(2,3)8-6-10-12(21)13(22)15(23-10)20-14-11(19-16(20)25-4)9(17)5-7-18-14;2*1-24(2,3)7-5-9-11(21)12(22)14(23-9)20-13-10(19-15(20)16)8(17)4-6-18-13;1-23(2,3)7-5-9-11(20)12(21)14(22-9)19-13-10(18-15(19)24)8(16)4-6-17-13/h6,8,11,13-14,16,22-23H,2,5,7,9H2,1,3-4H3,(H2,18,19);5,7,10,12-13,15,21-22H,1,6,8H2,2-4H3,(H2,17,18);2*4,6,9,11-12,14,21-22H,1,5,7H2,2-3H3,(H2,17,18);4,6,9,11-12,14,20-21H,1,5,7H2,2-3H3,(H2,16,17)(H,18,24)/t11-,13-,14-,16?;10-,12-,13-,15?;3*9-,11-,12-,14?/m11111/s1. The monoisotopic (exact) mass is 1990 g/mol. The molecule has 0 bridgehead atoms. The summed E-state index contributed by atoms with van der Waals surface area (Å²) in [5, 5.41) is 106. The highest BCUT2D eigenvalue weighted by molar-refractivity contribution is 14.1. The fourth-order valence-corrected chi connectivity index (χ4v) is 22.2. The van der Waals surface area contributed by atoms with Gasteiger partial charge in [0.1, 0.15) is 88.6 Å². The molecule has 0 saturated carbocycles. The molecule has 5 fully saturated rings. The zero-order valence-corrected chi connectivity index (χ0v) is 80.8. The average Bonchev–Trinajstić information content (AvgIpc) is 1.59. The minimum absolute atomic E-state index is 0.109. The van der Waals surface area contributed by atoms with Gasteiger partial charge >= 0.3 is 0 Å². The maximum Gasteiger partial charge on any atom is 0.207 e. The van der Waals surface area contributed by atoms with Crippen molar-refractivity contribution in [3.05, 3.63) is 75.2 Å². The quantitative estimate of drug-likeness (QED) is 0.0128. The van der Waals surface area contributed by atoms with Crippen LogP contribution in [-0.2, 0) is 23.7 Å². The van der Waals surface area contributed by atoms with Gasteiger partial charge in [-0.05, 0) is 196 Å². The van der Waals surface area contributed by atoms with Gasteiger partial charge in [-0.3, -0.25) is 22.8 Å². The molecule has 21 N–H and O–H groups in total. The van der Waals surface area contributed by atoms with E-state index >= 15 is 0 Å². The topological polar surface area (TPSA) is 535 Å². The van der Waals surface area contributed by atoms with Crippen molar-refractivity contribution in [2.45, 2.75) is 172 Å². The largest absolute Gasteiger partial charge is 0.397 e. The summed E-state index contributed by atoms with van der Waals surface area (Å²) in [6, 6.07) is 8.36. The number of anilines is 5. The molecule has 35 nitrogen and oxygen atoms in total. The van der Waals surface area contributed by atoms with Crippen LogP contribution >= 0.6 is 104 Å². The van der Waals surface area contributed by atoms with Crippen LogP contribution in [0.25, 0.3) is 55.8 Å². The third-order valence-corrected chi connectivity index (χ3v) is 31.6. The van der Waals surface area contributed by atoms with Gasteiger partial charge < -0.3 is 108 Å². The van der Waals surface area contributed by atoms with Gasteiger partial charge in [-0.1, -0.05) is 30.4 Å². The van der Waals surface area contributed by atoms with E-state index in [1.165, 1.54) is 34.3 Å². The van der Waals surface area contributed by atoms with E-state index in [1.54, 1.807) is 73.4 Å². The molecule has 10 aromatic heterocycles. The number of nitrogens with one attached hydrogen (secondary N) is 1. The van der Waals surface area contributed by atoms with E-state index in [1.807, 2.05) is 13.2 Å². The summed E-state index contributed by atoms with van der Waals surface area (Å²) in [6.45, 7) is 17.2. The number of hydrogen-bond donors (Lipinski definition) is 16. The summed E-state index contributed by atoms with van der Waals surface area (Å²) >= 11 is 16.5. The number of aromatic nitrogens is 15. The first kappa shape index (κ1) is 98.5. The van der Waals surface area contributed by atoms with Crippen molar-refractivity contribution < 1.29 is 74.7 Å². The Balaban J connectivity index is 0.000000150. The van der Waals surface area contributed by atoms with Crippen LogP contribution in [0.3, 0.4) is 0 Å². The number of nitrogens with two attached hydrogens (primary N) is 5. The second-order valence-electron chi connectivity index (χ2n) is 34.8. The van der Waals surface area contributed by atoms with Gasteiger partial charge in [0.05, 0.1) is 59.0 Å². The second kappa shape index (κ2) is 40.1. The molecule has 678 valence electrons. The van der Waals surface area contributed by atoms with Crippen LogP contribution in [0.15, 0.2) is 71.6 Å². The van der Waals surface area contributed by atoms with Crippen molar-refractivity contribution in [2.75, 3.05) is 138 Å². The molecule has 15 heterocycles. The molecule has 20 atom stereocenters. The Morgan fingerprint density at radius 2 is 0.675 bits per heavy atom. The van der Waals surface area contributed by atoms with Crippen LogP contribution in [0.2, 0.25) is 5.28 Å². The number of ether oxygens (including phenoxy) is 5. The van der Waals surface area contributed by atoms with E-state index < -0.39 is 157 Å². The zero-order chi connectivity index (χ0) is 90.4. The summed E-state index contributed by atoms with van der Waals surface area (Å²) < 4.78 is 39.1. The summed E-state index contributed by atoms with van der Waals surface area (Å²) in [4.78, 5) is 42.3. The number of halogens is 2. The Hall–Kier alpha value is -5.06. The Morgan fingerprint density at radius 1 is 0.407 bits per heavy atom. The van der Waals surface area contributed by atoms with Crippen LogP contribution in [0.4, 0.5) is 28.4 Å². The lowest BCUT2D eigenvalue weighted by molar-refractivity contribution is -0.0400. The Labute approximate surface area is 747 Å². The third-order valence-electron chi connectivity index (χ3n) is 21.4. The third kappa shape index (κ3) is 22.9. The number of hydrogen-bond acceptors (Lipinski definition) is 32. The maximum absolute atomic E-state index is 10.7. The maximum atomic E-state index is 10.7. The smallest absolute Gasteiger partial charge is 0.207 e. The van der Waals surface area contributed by atoms with Crippen LogP contribution in [0.5, 0.6) is 0 Å². The highest BCUT2D eigenvalue weighted by atomic mass is 127. The van der Waals surface area contributed by atoms with Crippen LogP contribution in [0.1, 0.15) is 70.2 Å². The second-order valence-corrected chi connectivity index (χ2v) is 60.1. The van der Waals surface area contributed by atoms with Crippen molar-refractivity contribution in [3.63, 3.8) is 0 Å². The van der Waals surface area contributed by atoms with Crippen molar-refractivity contribution in [1.29, 1.82) is 0 Å². The molecule has 10 aromatic rings. The molecular formula is C78H119ClIN20O15P5S3. The number of aliphatic hydroxyl groups is 10. The van der Waals surface area contributed by atoms with E-state index in [0.717, 1.165) is 36.6 Å². The van der Waals surface area contributed by atoms with E-state index in [-0.39, 0.29) is 5.28 Å². The molecule has 5 aliphatic heterocycles. The van der Waals surface area contributed by atoms with Crippen molar-refractivity contribution in [2.24, 2.45) is 0 Å². The summed E-state index contributed by atoms with van der Waals surface area (Å²) in [5.74, 6) is 0.804. The first-order valence-corrected chi connectivity index (χ1v) is 59.1. The highest BCUT2D eigenvalue weighted by Gasteiger charge is 2.50. The lowest BCUT2D eigenvalue weighted by Crippen LogP contribution is -2.32. The SMILES string of the molecule is C=P(C)(C)CC[C@H]1OC(n2c(=S)[nH]c3c(N)ccnc32)[C@H](O)[C@@H]1O.C=P(C)(C)CC[C@H]1OC(n2c(Cl)nc3c(N)ccnc32)[C@H](O)[C@@H]1O.C=P(C)(C)CC[C@H]1OC(n2c(I)nc3c(N)ccnc32)[C@H](O)[C@@H]1O.C=P(C)(C)CC[C@H]1OC(n2c(SC)nc3c(N)ccnc32)[C@H](O)[C@@H]1O.C=P(C)(C)CC[C@H]1OC(n2c(SCC)nc3c(N)ccnc32)[C@H](O)[C@@H]1O. The summed E-state index contributed by atoms with van der Waals surface area (Å²) in [6.07, 6.45) is 22.0. The van der Waals surface area contributed by atoms with Crippen LogP contribution in [-0.4, -0.2) is 356 Å². The number of fused-ring (bicyclic) bond motifs is 5. The molecule has 0 radical (unpaired) electrons. The minimum Gasteiger partial charge on any atom is -0.397 e. The highest BCUT2D eigenvalue weighted by Crippen LogP contribution is 2.48. The first-order valence-electron chi connectivity index (χ1n) is 39.8. The van der Waals surface area contributed by atoms with E-state index in [9.17, 15) is 51.1 Å².